The number of hydrogen-bond donors (Lipinski definition) is 0. The van der Waals surface area contributed by atoms with Crippen molar-refractivity contribution in [1.82, 2.24) is 9.88 Å². The summed E-state index contributed by atoms with van der Waals surface area (Å²) in [5, 5.41) is 0. The van der Waals surface area contributed by atoms with Crippen molar-refractivity contribution < 1.29 is 9.53 Å². The van der Waals surface area contributed by atoms with Crippen molar-refractivity contribution in [3.05, 3.63) is 95.3 Å². The molecule has 4 heteroatoms. The molecule has 2 aliphatic heterocycles. The van der Waals surface area contributed by atoms with E-state index >= 15 is 0 Å². The molecule has 1 aliphatic carbocycles. The van der Waals surface area contributed by atoms with Crippen LogP contribution >= 0.6 is 0 Å². The summed E-state index contributed by atoms with van der Waals surface area (Å²) in [5.74, 6) is 0.0943. The summed E-state index contributed by atoms with van der Waals surface area (Å²) in [6.07, 6.45) is 8.04. The average Bonchev–Trinajstić information content (AvgIpc) is 3.15. The molecule has 3 aromatic rings. The molecule has 2 aromatic carbocycles. The van der Waals surface area contributed by atoms with E-state index in [0.717, 1.165) is 31.4 Å². The fraction of sp³-hybridized carbons (Fsp3) is 0.310. The zero-order valence-electron chi connectivity index (χ0n) is 18.9. The normalized spacial score (nSPS) is 21.2. The minimum absolute atomic E-state index is 0.0943. The maximum Gasteiger partial charge on any atom is 0.410 e. The standard InChI is InChI=1S/C29H28N2O2/c1-19-15-20(13-14-30-19)21-16-22-7-6-8-23(17-21)31(22)29(32)33-18-28-26-11-4-2-9-24(26)25-10-3-5-12-27(25)28/h2-5,9-16,22-23,28H,6-8,17-18H2,1H3. The zero-order valence-corrected chi connectivity index (χ0v) is 18.9. The van der Waals surface area contributed by atoms with Crippen molar-refractivity contribution in [2.75, 3.05) is 6.61 Å². The molecule has 0 radical (unpaired) electrons. The average molecular weight is 437 g/mol. The Bertz CT molecular complexity index is 1200. The number of fused-ring (bicyclic) bond motifs is 5. The Morgan fingerprint density at radius 1 is 1.03 bits per heavy atom. The van der Waals surface area contributed by atoms with Gasteiger partial charge in [0.05, 0.1) is 6.04 Å². The number of piperidine rings is 1. The Balaban J connectivity index is 1.22. The summed E-state index contributed by atoms with van der Waals surface area (Å²) < 4.78 is 6.02. The zero-order chi connectivity index (χ0) is 22.4. The highest BCUT2D eigenvalue weighted by Gasteiger charge is 2.39. The predicted molar refractivity (Wildman–Crippen MR) is 130 cm³/mol. The van der Waals surface area contributed by atoms with Crippen LogP contribution in [0.25, 0.3) is 16.7 Å². The van der Waals surface area contributed by atoms with Gasteiger partial charge in [-0.3, -0.25) is 9.88 Å². The molecule has 166 valence electrons. The van der Waals surface area contributed by atoms with Gasteiger partial charge in [-0.05, 0) is 78.1 Å². The van der Waals surface area contributed by atoms with E-state index in [-0.39, 0.29) is 24.1 Å². The monoisotopic (exact) mass is 436 g/mol. The van der Waals surface area contributed by atoms with E-state index < -0.39 is 0 Å². The molecular weight excluding hydrogens is 408 g/mol. The summed E-state index contributed by atoms with van der Waals surface area (Å²) in [7, 11) is 0. The van der Waals surface area contributed by atoms with E-state index in [0.29, 0.717) is 6.61 Å². The summed E-state index contributed by atoms with van der Waals surface area (Å²) in [4.78, 5) is 19.7. The third kappa shape index (κ3) is 3.54. The summed E-state index contributed by atoms with van der Waals surface area (Å²) in [6.45, 7) is 2.40. The summed E-state index contributed by atoms with van der Waals surface area (Å²) in [6, 6.07) is 21.5. The van der Waals surface area contributed by atoms with Gasteiger partial charge in [0, 0.05) is 23.9 Å². The van der Waals surface area contributed by atoms with Crippen LogP contribution in [-0.2, 0) is 4.74 Å². The molecule has 2 bridgehead atoms. The van der Waals surface area contributed by atoms with E-state index in [1.807, 2.05) is 18.0 Å². The third-order valence-electron chi connectivity index (χ3n) is 7.45. The highest BCUT2D eigenvalue weighted by molar-refractivity contribution is 5.79. The van der Waals surface area contributed by atoms with Crippen molar-refractivity contribution in [2.24, 2.45) is 0 Å². The fourth-order valence-electron chi connectivity index (χ4n) is 5.94. The number of carbonyl (C=O) groups is 1. The first-order chi connectivity index (χ1) is 16.2. The second-order valence-electron chi connectivity index (χ2n) is 9.45. The van der Waals surface area contributed by atoms with E-state index in [1.165, 1.54) is 33.4 Å². The SMILES string of the molecule is Cc1cc(C2=CC3CCCC(C2)N3C(=O)OCC2c3ccccc3-c3ccccc32)ccn1. The largest absolute Gasteiger partial charge is 0.448 e. The molecule has 1 saturated heterocycles. The predicted octanol–water partition coefficient (Wildman–Crippen LogP) is 6.35. The lowest BCUT2D eigenvalue weighted by Gasteiger charge is -2.44. The minimum Gasteiger partial charge on any atom is -0.448 e. The maximum absolute atomic E-state index is 13.4. The molecule has 4 nitrogen and oxygen atoms in total. The van der Waals surface area contributed by atoms with Crippen molar-refractivity contribution in [1.29, 1.82) is 0 Å². The third-order valence-corrected chi connectivity index (χ3v) is 7.45. The molecule has 0 saturated carbocycles. The van der Waals surface area contributed by atoms with Crippen molar-refractivity contribution in [3.8, 4) is 11.1 Å². The van der Waals surface area contributed by atoms with Crippen molar-refractivity contribution >= 4 is 11.7 Å². The first kappa shape index (κ1) is 20.2. The lowest BCUT2D eigenvalue weighted by molar-refractivity contribution is 0.0539. The first-order valence-corrected chi connectivity index (χ1v) is 12.0. The van der Waals surface area contributed by atoms with Crippen LogP contribution in [0.3, 0.4) is 0 Å². The lowest BCUT2D eigenvalue weighted by Crippen LogP contribution is -2.51. The number of nitrogens with zero attached hydrogens (tertiary/aromatic N) is 2. The van der Waals surface area contributed by atoms with Gasteiger partial charge in [-0.2, -0.15) is 0 Å². The quantitative estimate of drug-likeness (QED) is 0.480. The topological polar surface area (TPSA) is 42.4 Å². The number of benzene rings is 2. The number of amides is 1. The van der Waals surface area contributed by atoms with E-state index in [1.54, 1.807) is 0 Å². The second-order valence-corrected chi connectivity index (χ2v) is 9.45. The van der Waals surface area contributed by atoms with E-state index in [9.17, 15) is 4.79 Å². The van der Waals surface area contributed by atoms with Crippen LogP contribution in [-0.4, -0.2) is 34.7 Å². The second kappa shape index (κ2) is 8.18. The molecular formula is C29H28N2O2. The smallest absolute Gasteiger partial charge is 0.410 e. The van der Waals surface area contributed by atoms with Gasteiger partial charge < -0.3 is 4.74 Å². The number of pyridine rings is 1. The first-order valence-electron chi connectivity index (χ1n) is 12.0. The highest BCUT2D eigenvalue weighted by atomic mass is 16.6. The number of aromatic nitrogens is 1. The van der Waals surface area contributed by atoms with Gasteiger partial charge >= 0.3 is 6.09 Å². The number of aryl methyl sites for hydroxylation is 1. The number of hydrogen-bond acceptors (Lipinski definition) is 3. The Kier molecular flexibility index (Phi) is 5.01. The molecule has 2 unspecified atom stereocenters. The molecule has 2 atom stereocenters. The van der Waals surface area contributed by atoms with Gasteiger partial charge in [-0.1, -0.05) is 54.6 Å². The Hall–Kier alpha value is -3.40. The van der Waals surface area contributed by atoms with E-state index in [4.69, 9.17) is 4.74 Å². The van der Waals surface area contributed by atoms with Crippen LogP contribution in [0.15, 0.2) is 72.9 Å². The van der Waals surface area contributed by atoms with Crippen LogP contribution < -0.4 is 0 Å². The van der Waals surface area contributed by atoms with Gasteiger partial charge in [-0.25, -0.2) is 4.79 Å². The fourth-order valence-corrected chi connectivity index (χ4v) is 5.94. The van der Waals surface area contributed by atoms with Crippen LogP contribution in [0, 0.1) is 6.92 Å². The van der Waals surface area contributed by atoms with Gasteiger partial charge in [0.15, 0.2) is 0 Å². The van der Waals surface area contributed by atoms with Gasteiger partial charge in [0.2, 0.25) is 0 Å². The summed E-state index contributed by atoms with van der Waals surface area (Å²) in [5.41, 5.74) is 8.59. The van der Waals surface area contributed by atoms with Gasteiger partial charge in [-0.15, -0.1) is 0 Å². The molecule has 1 aromatic heterocycles. The minimum atomic E-state index is -0.173. The van der Waals surface area contributed by atoms with Crippen LogP contribution in [0.2, 0.25) is 0 Å². The van der Waals surface area contributed by atoms with Gasteiger partial charge in [0.25, 0.3) is 0 Å². The van der Waals surface area contributed by atoms with E-state index in [2.05, 4.69) is 71.7 Å². The molecule has 0 spiro atoms. The van der Waals surface area contributed by atoms with Gasteiger partial charge in [0.1, 0.15) is 6.61 Å². The van der Waals surface area contributed by atoms with Crippen LogP contribution in [0.5, 0.6) is 0 Å². The Morgan fingerprint density at radius 3 is 2.45 bits per heavy atom. The Morgan fingerprint density at radius 2 is 1.76 bits per heavy atom. The molecule has 3 heterocycles. The van der Waals surface area contributed by atoms with Crippen LogP contribution in [0.4, 0.5) is 4.79 Å². The molecule has 1 amide bonds. The molecule has 3 aliphatic rings. The van der Waals surface area contributed by atoms with Crippen molar-refractivity contribution in [2.45, 2.75) is 50.6 Å². The molecule has 6 rings (SSSR count). The lowest BCUT2D eigenvalue weighted by atomic mass is 9.83. The van der Waals surface area contributed by atoms with Crippen molar-refractivity contribution in [3.63, 3.8) is 0 Å². The molecule has 0 N–H and O–H groups in total. The summed E-state index contributed by atoms with van der Waals surface area (Å²) >= 11 is 0. The Labute approximate surface area is 194 Å². The molecule has 33 heavy (non-hydrogen) atoms. The van der Waals surface area contributed by atoms with Crippen LogP contribution in [0.1, 0.15) is 54.0 Å². The number of carbonyl (C=O) groups excluding carboxylic acids is 1. The molecule has 1 fully saturated rings. The maximum atomic E-state index is 13.4. The number of rotatable bonds is 3. The highest BCUT2D eigenvalue weighted by Crippen LogP contribution is 2.45. The number of ether oxygens (including phenoxy) is 1.